The molecule has 0 atom stereocenters. The van der Waals surface area contributed by atoms with Crippen molar-refractivity contribution in [2.24, 2.45) is 0 Å². The minimum absolute atomic E-state index is 0.0410. The maximum absolute atomic E-state index is 12.5. The van der Waals surface area contributed by atoms with Crippen LogP contribution < -0.4 is 5.32 Å². The second-order valence-corrected chi connectivity index (χ2v) is 8.20. The predicted octanol–water partition coefficient (Wildman–Crippen LogP) is 3.32. The van der Waals surface area contributed by atoms with Gasteiger partial charge in [-0.2, -0.15) is 0 Å². The number of likely N-dealkylation sites (N-methyl/N-ethyl adjacent to an activating group) is 1. The Labute approximate surface area is 154 Å². The molecule has 10 heteroatoms. The highest BCUT2D eigenvalue weighted by atomic mass is 35.5. The molecule has 1 amide bonds. The van der Waals surface area contributed by atoms with Gasteiger partial charge in [0.1, 0.15) is 10.7 Å². The lowest BCUT2D eigenvalue weighted by atomic mass is 10.3. The zero-order valence-electron chi connectivity index (χ0n) is 13.6. The van der Waals surface area contributed by atoms with Crippen LogP contribution in [0.3, 0.4) is 0 Å². The Kier molecular flexibility index (Phi) is 5.71. The number of thiophene rings is 1. The molecule has 0 aliphatic carbocycles. The third-order valence-electron chi connectivity index (χ3n) is 3.18. The number of nitrogens with one attached hydrogen (secondary N) is 1. The molecule has 2 aromatic heterocycles. The molecule has 0 saturated heterocycles. The Morgan fingerprint density at radius 1 is 1.36 bits per heavy atom. The van der Waals surface area contributed by atoms with Crippen LogP contribution in [-0.2, 0) is 14.8 Å². The average molecular weight is 402 g/mol. The molecule has 3 heterocycles. The number of fused-ring (bicyclic) bond motifs is 1. The molecule has 3 rings (SSSR count). The smallest absolute Gasteiger partial charge is 0.278 e. The Bertz CT molecular complexity index is 924. The van der Waals surface area contributed by atoms with E-state index in [0.29, 0.717) is 0 Å². The fraction of sp³-hybridized carbons (Fsp3) is 0.200. The molecule has 0 spiro atoms. The molecule has 25 heavy (non-hydrogen) atoms. The molecule has 0 radical (unpaired) electrons. The van der Waals surface area contributed by atoms with E-state index >= 15 is 0 Å². The standard InChI is InChI=1S/C13H10ClN3O4S2.C2H6/c1-17-10(13(19)16-9-4-2-3-5-15-9)11(18)12-7(23(17,20)21)6-8(14)22-12;1-2/h2-6,18H,1H3,(H,15,16,19);1-2H3. The molecule has 0 aromatic carbocycles. The number of sulfonamides is 1. The summed E-state index contributed by atoms with van der Waals surface area (Å²) in [6.07, 6.45) is 1.47. The summed E-state index contributed by atoms with van der Waals surface area (Å²) in [6, 6.07) is 6.12. The normalized spacial score (nSPS) is 15.1. The van der Waals surface area contributed by atoms with Crippen LogP contribution >= 0.6 is 22.9 Å². The van der Waals surface area contributed by atoms with Crippen molar-refractivity contribution in [3.8, 4) is 0 Å². The van der Waals surface area contributed by atoms with Gasteiger partial charge < -0.3 is 10.4 Å². The molecule has 2 N–H and O–H groups in total. The van der Waals surface area contributed by atoms with Gasteiger partial charge in [0.25, 0.3) is 15.9 Å². The number of hydrogen-bond donors (Lipinski definition) is 2. The highest BCUT2D eigenvalue weighted by molar-refractivity contribution is 7.89. The molecule has 0 saturated carbocycles. The van der Waals surface area contributed by atoms with Gasteiger partial charge in [-0.1, -0.05) is 31.5 Å². The van der Waals surface area contributed by atoms with Crippen LogP contribution in [0.4, 0.5) is 5.82 Å². The van der Waals surface area contributed by atoms with Crippen LogP contribution in [0.15, 0.2) is 41.1 Å². The van der Waals surface area contributed by atoms with Gasteiger partial charge in [0.05, 0.1) is 9.21 Å². The number of carbonyl (C=O) groups excluding carboxylic acids is 1. The van der Waals surface area contributed by atoms with Gasteiger partial charge in [-0.25, -0.2) is 13.4 Å². The summed E-state index contributed by atoms with van der Waals surface area (Å²) in [5.74, 6) is -0.997. The van der Waals surface area contributed by atoms with Crippen LogP contribution in [0.2, 0.25) is 4.34 Å². The van der Waals surface area contributed by atoms with E-state index in [4.69, 9.17) is 11.6 Å². The lowest BCUT2D eigenvalue weighted by molar-refractivity contribution is -0.113. The predicted molar refractivity (Wildman–Crippen MR) is 98.0 cm³/mol. The van der Waals surface area contributed by atoms with Crippen molar-refractivity contribution in [3.63, 3.8) is 0 Å². The van der Waals surface area contributed by atoms with E-state index in [0.717, 1.165) is 15.6 Å². The van der Waals surface area contributed by atoms with Gasteiger partial charge in [0.2, 0.25) is 0 Å². The number of carbonyl (C=O) groups is 1. The molecule has 0 fully saturated rings. The summed E-state index contributed by atoms with van der Waals surface area (Å²) >= 11 is 6.73. The third-order valence-corrected chi connectivity index (χ3v) is 6.36. The van der Waals surface area contributed by atoms with E-state index in [-0.39, 0.29) is 25.6 Å². The number of hydrogen-bond acceptors (Lipinski definition) is 6. The maximum Gasteiger partial charge on any atom is 0.278 e. The highest BCUT2D eigenvalue weighted by Crippen LogP contribution is 2.41. The SMILES string of the molecule is CC.CN1C(C(=O)Nc2ccccn2)=C(O)c2sc(Cl)cc2S1(=O)=O. The van der Waals surface area contributed by atoms with Crippen LogP contribution in [0.1, 0.15) is 18.7 Å². The van der Waals surface area contributed by atoms with Crippen LogP contribution in [-0.4, -0.2) is 35.8 Å². The number of anilines is 1. The Balaban J connectivity index is 0.00000109. The first-order valence-electron chi connectivity index (χ1n) is 7.26. The summed E-state index contributed by atoms with van der Waals surface area (Å²) in [7, 11) is -2.77. The van der Waals surface area contributed by atoms with Crippen molar-refractivity contribution in [2.45, 2.75) is 18.7 Å². The summed E-state index contributed by atoms with van der Waals surface area (Å²) < 4.78 is 25.9. The first-order valence-corrected chi connectivity index (χ1v) is 9.90. The number of aliphatic hydroxyl groups excluding tert-OH is 1. The Hall–Kier alpha value is -2.10. The highest BCUT2D eigenvalue weighted by Gasteiger charge is 2.39. The van der Waals surface area contributed by atoms with E-state index in [1.165, 1.54) is 19.3 Å². The number of nitrogens with zero attached hydrogens (tertiary/aromatic N) is 2. The molecular weight excluding hydrogens is 386 g/mol. The molecule has 7 nitrogen and oxygen atoms in total. The van der Waals surface area contributed by atoms with E-state index in [9.17, 15) is 18.3 Å². The van der Waals surface area contributed by atoms with Gasteiger partial charge in [-0.05, 0) is 18.2 Å². The number of amides is 1. The minimum atomic E-state index is -3.96. The van der Waals surface area contributed by atoms with Gasteiger partial charge in [-0.3, -0.25) is 9.10 Å². The number of aliphatic hydroxyl groups is 1. The topological polar surface area (TPSA) is 99.6 Å². The molecule has 1 aliphatic heterocycles. The quantitative estimate of drug-likeness (QED) is 0.804. The Morgan fingerprint density at radius 2 is 2.04 bits per heavy atom. The fourth-order valence-electron chi connectivity index (χ4n) is 2.09. The maximum atomic E-state index is 12.5. The third kappa shape index (κ3) is 3.48. The van der Waals surface area contributed by atoms with Crippen molar-refractivity contribution < 1.29 is 18.3 Å². The van der Waals surface area contributed by atoms with E-state index in [1.807, 2.05) is 13.8 Å². The first kappa shape index (κ1) is 19.2. The summed E-state index contributed by atoms with van der Waals surface area (Å²) in [4.78, 5) is 16.2. The number of pyridine rings is 1. The van der Waals surface area contributed by atoms with Gasteiger partial charge in [0.15, 0.2) is 11.5 Å². The summed E-state index contributed by atoms with van der Waals surface area (Å²) in [5.41, 5.74) is -0.387. The summed E-state index contributed by atoms with van der Waals surface area (Å²) in [6.45, 7) is 4.00. The second-order valence-electron chi connectivity index (χ2n) is 4.58. The van der Waals surface area contributed by atoms with Gasteiger partial charge in [-0.15, -0.1) is 11.3 Å². The number of rotatable bonds is 2. The van der Waals surface area contributed by atoms with Gasteiger partial charge in [0, 0.05) is 13.2 Å². The zero-order valence-corrected chi connectivity index (χ0v) is 16.0. The molecular formula is C15H16ClN3O4S2. The lowest BCUT2D eigenvalue weighted by Crippen LogP contribution is -2.36. The van der Waals surface area contributed by atoms with Crippen molar-refractivity contribution in [2.75, 3.05) is 12.4 Å². The van der Waals surface area contributed by atoms with E-state index < -0.39 is 21.7 Å². The van der Waals surface area contributed by atoms with Crippen molar-refractivity contribution in [1.82, 2.24) is 9.29 Å². The fourth-order valence-corrected chi connectivity index (χ4v) is 5.04. The molecule has 134 valence electrons. The lowest BCUT2D eigenvalue weighted by Gasteiger charge is -2.26. The number of halogens is 1. The Morgan fingerprint density at radius 3 is 2.64 bits per heavy atom. The first-order chi connectivity index (χ1) is 11.8. The van der Waals surface area contributed by atoms with E-state index in [1.54, 1.807) is 18.2 Å². The van der Waals surface area contributed by atoms with Gasteiger partial charge >= 0.3 is 0 Å². The molecule has 2 aromatic rings. The van der Waals surface area contributed by atoms with Crippen molar-refractivity contribution in [3.05, 3.63) is 45.4 Å². The molecule has 0 unspecified atom stereocenters. The minimum Gasteiger partial charge on any atom is -0.504 e. The largest absolute Gasteiger partial charge is 0.504 e. The molecule has 0 bridgehead atoms. The molecule has 1 aliphatic rings. The van der Waals surface area contributed by atoms with Crippen LogP contribution in [0, 0.1) is 0 Å². The van der Waals surface area contributed by atoms with Crippen molar-refractivity contribution in [1.29, 1.82) is 0 Å². The summed E-state index contributed by atoms with van der Waals surface area (Å²) in [5, 5.41) is 12.8. The monoisotopic (exact) mass is 401 g/mol. The average Bonchev–Trinajstić information content (AvgIpc) is 2.99. The second kappa shape index (κ2) is 7.42. The zero-order chi connectivity index (χ0) is 18.8. The van der Waals surface area contributed by atoms with Crippen molar-refractivity contribution >= 4 is 50.4 Å². The van der Waals surface area contributed by atoms with Crippen LogP contribution in [0.5, 0.6) is 0 Å². The van der Waals surface area contributed by atoms with Crippen LogP contribution in [0.25, 0.3) is 5.76 Å². The van der Waals surface area contributed by atoms with E-state index in [2.05, 4.69) is 10.3 Å². The number of aromatic nitrogens is 1.